The summed E-state index contributed by atoms with van der Waals surface area (Å²) in [5.41, 5.74) is 4.31. The summed E-state index contributed by atoms with van der Waals surface area (Å²) < 4.78 is 6.76. The highest BCUT2D eigenvalue weighted by atomic mass is 32.1. The number of carbonyl (C=O) groups is 2. The Morgan fingerprint density at radius 2 is 1.82 bits per heavy atom. The van der Waals surface area contributed by atoms with Crippen LogP contribution in [0.25, 0.3) is 16.3 Å². The first-order valence-electron chi connectivity index (χ1n) is 8.77. The number of aromatic nitrogens is 1. The number of carbonyl (C=O) groups excluding carboxylic acids is 1. The number of ether oxygens (including phenoxy) is 1. The second kappa shape index (κ2) is 7.56. The topological polar surface area (TPSA) is 76.5 Å². The van der Waals surface area contributed by atoms with E-state index in [2.05, 4.69) is 4.98 Å². The first-order valence-corrected chi connectivity index (χ1v) is 9.64. The van der Waals surface area contributed by atoms with Crippen LogP contribution in [0, 0.1) is 13.8 Å². The van der Waals surface area contributed by atoms with Crippen molar-refractivity contribution in [3.63, 3.8) is 0 Å². The van der Waals surface area contributed by atoms with Gasteiger partial charge in [-0.3, -0.25) is 4.79 Å². The average Bonchev–Trinajstić information content (AvgIpc) is 3.10. The van der Waals surface area contributed by atoms with Gasteiger partial charge in [-0.25, -0.2) is 9.78 Å². The molecule has 0 saturated heterocycles. The number of allylic oxidation sites excluding steroid dienone is 1. The molecule has 0 spiro atoms. The van der Waals surface area contributed by atoms with Gasteiger partial charge in [-0.05, 0) is 80.8 Å². The Kier molecular flexibility index (Phi) is 5.34. The lowest BCUT2D eigenvalue weighted by molar-refractivity contribution is -0.152. The largest absolute Gasteiger partial charge is 0.478 e. The molecule has 0 aliphatic heterocycles. The second-order valence-electron chi connectivity index (χ2n) is 7.13. The number of carboxylic acids is 1. The summed E-state index contributed by atoms with van der Waals surface area (Å²) in [5, 5.41) is 9.27. The van der Waals surface area contributed by atoms with Crippen molar-refractivity contribution in [3.05, 3.63) is 64.2 Å². The zero-order valence-electron chi connectivity index (χ0n) is 16.1. The van der Waals surface area contributed by atoms with Crippen molar-refractivity contribution in [2.75, 3.05) is 0 Å². The summed E-state index contributed by atoms with van der Waals surface area (Å²) in [6, 6.07) is 9.23. The summed E-state index contributed by atoms with van der Waals surface area (Å²) >= 11 is 1.54. The van der Waals surface area contributed by atoms with E-state index in [1.54, 1.807) is 23.7 Å². The van der Waals surface area contributed by atoms with Gasteiger partial charge in [0.1, 0.15) is 5.75 Å². The normalized spacial score (nSPS) is 11.9. The Morgan fingerprint density at radius 1 is 1.14 bits per heavy atom. The maximum absolute atomic E-state index is 12.5. The Balaban J connectivity index is 1.82. The molecule has 0 amide bonds. The average molecular weight is 395 g/mol. The Morgan fingerprint density at radius 3 is 2.46 bits per heavy atom. The third-order valence-corrected chi connectivity index (χ3v) is 5.21. The van der Waals surface area contributed by atoms with Crippen LogP contribution in [-0.2, 0) is 4.79 Å². The molecular formula is C22H21NO4S. The molecular weight excluding hydrogens is 374 g/mol. The highest BCUT2D eigenvalue weighted by molar-refractivity contribution is 7.16. The molecule has 5 nitrogen and oxygen atoms in total. The van der Waals surface area contributed by atoms with Gasteiger partial charge in [-0.2, -0.15) is 0 Å². The Labute approximate surface area is 167 Å². The monoisotopic (exact) mass is 395 g/mol. The molecule has 0 aliphatic carbocycles. The summed E-state index contributed by atoms with van der Waals surface area (Å²) in [5.74, 6) is -0.583. The Hall–Kier alpha value is -2.99. The number of carboxylic acid groups (broad SMARTS) is 1. The molecule has 3 aromatic rings. The van der Waals surface area contributed by atoms with Crippen LogP contribution < -0.4 is 4.74 Å². The van der Waals surface area contributed by atoms with Crippen LogP contribution in [0.5, 0.6) is 5.75 Å². The van der Waals surface area contributed by atoms with Crippen LogP contribution in [0.1, 0.15) is 40.9 Å². The fourth-order valence-electron chi connectivity index (χ4n) is 2.82. The predicted molar refractivity (Wildman–Crippen MR) is 111 cm³/mol. The Bertz CT molecular complexity index is 1070. The van der Waals surface area contributed by atoms with Crippen LogP contribution >= 0.6 is 11.3 Å². The molecule has 144 valence electrons. The number of hydrogen-bond donors (Lipinski definition) is 1. The van der Waals surface area contributed by atoms with Crippen molar-refractivity contribution in [2.45, 2.75) is 33.3 Å². The zero-order chi connectivity index (χ0) is 20.5. The highest BCUT2D eigenvalue weighted by Crippen LogP contribution is 2.29. The van der Waals surface area contributed by atoms with Gasteiger partial charge in [0.15, 0.2) is 11.4 Å². The van der Waals surface area contributed by atoms with Gasteiger partial charge in [0.2, 0.25) is 0 Å². The minimum absolute atomic E-state index is 0.0995. The SMILES string of the molecule is Cc1cc(/C=C/C(=O)c2ccc3scnc3c2)cc(C)c1OC(C)(C)C(=O)O. The summed E-state index contributed by atoms with van der Waals surface area (Å²) in [6.07, 6.45) is 3.28. The second-order valence-corrected chi connectivity index (χ2v) is 8.02. The molecule has 0 fully saturated rings. The molecule has 1 N–H and O–H groups in total. The van der Waals surface area contributed by atoms with Crippen molar-refractivity contribution >= 4 is 39.4 Å². The number of thiazole rings is 1. The third-order valence-electron chi connectivity index (χ3n) is 4.40. The van der Waals surface area contributed by atoms with Crippen LogP contribution in [0.4, 0.5) is 0 Å². The zero-order valence-corrected chi connectivity index (χ0v) is 17.0. The molecule has 28 heavy (non-hydrogen) atoms. The quantitative estimate of drug-likeness (QED) is 0.467. The van der Waals surface area contributed by atoms with Crippen molar-refractivity contribution < 1.29 is 19.4 Å². The number of fused-ring (bicyclic) bond motifs is 1. The molecule has 1 aromatic heterocycles. The molecule has 0 aliphatic rings. The first kappa shape index (κ1) is 19.8. The molecule has 0 radical (unpaired) electrons. The number of ketones is 1. The summed E-state index contributed by atoms with van der Waals surface area (Å²) in [6.45, 7) is 6.74. The number of hydrogen-bond acceptors (Lipinski definition) is 5. The molecule has 1 heterocycles. The van der Waals surface area contributed by atoms with Gasteiger partial charge >= 0.3 is 5.97 Å². The lowest BCUT2D eigenvalue weighted by Crippen LogP contribution is -2.38. The standard InChI is InChI=1S/C22H21NO4S/c1-13-9-15(10-14(2)20(13)27-22(3,4)21(25)26)5-7-18(24)16-6-8-19-17(11-16)23-12-28-19/h5-12H,1-4H3,(H,25,26)/b7-5+. The lowest BCUT2D eigenvalue weighted by atomic mass is 10.0. The van der Waals surface area contributed by atoms with E-state index in [9.17, 15) is 14.7 Å². The number of benzene rings is 2. The molecule has 0 bridgehead atoms. The van der Waals surface area contributed by atoms with Crippen LogP contribution in [-0.4, -0.2) is 27.4 Å². The minimum Gasteiger partial charge on any atom is -0.478 e. The van der Waals surface area contributed by atoms with E-state index < -0.39 is 11.6 Å². The molecule has 3 rings (SSSR count). The first-order chi connectivity index (χ1) is 13.2. The van der Waals surface area contributed by atoms with Crippen molar-refractivity contribution in [1.29, 1.82) is 0 Å². The summed E-state index contributed by atoms with van der Waals surface area (Å²) in [7, 11) is 0. The van der Waals surface area contributed by atoms with E-state index in [-0.39, 0.29) is 5.78 Å². The molecule has 2 aromatic carbocycles. The fraction of sp³-hybridized carbons (Fsp3) is 0.227. The van der Waals surface area contributed by atoms with E-state index in [1.165, 1.54) is 31.3 Å². The van der Waals surface area contributed by atoms with Gasteiger partial charge in [-0.15, -0.1) is 11.3 Å². The van der Waals surface area contributed by atoms with E-state index in [0.29, 0.717) is 11.3 Å². The van der Waals surface area contributed by atoms with Crippen LogP contribution in [0.3, 0.4) is 0 Å². The van der Waals surface area contributed by atoms with Crippen molar-refractivity contribution in [3.8, 4) is 5.75 Å². The van der Waals surface area contributed by atoms with Gasteiger partial charge < -0.3 is 9.84 Å². The number of rotatable bonds is 6. The van der Waals surface area contributed by atoms with Gasteiger partial charge in [0.05, 0.1) is 15.7 Å². The smallest absolute Gasteiger partial charge is 0.347 e. The number of aryl methyl sites for hydroxylation is 2. The lowest BCUT2D eigenvalue weighted by Gasteiger charge is -2.24. The maximum Gasteiger partial charge on any atom is 0.347 e. The van der Waals surface area contributed by atoms with E-state index in [4.69, 9.17) is 4.74 Å². The molecule has 6 heteroatoms. The van der Waals surface area contributed by atoms with E-state index >= 15 is 0 Å². The summed E-state index contributed by atoms with van der Waals surface area (Å²) in [4.78, 5) is 28.0. The van der Waals surface area contributed by atoms with E-state index in [0.717, 1.165) is 26.9 Å². The highest BCUT2D eigenvalue weighted by Gasteiger charge is 2.30. The molecule has 0 atom stereocenters. The van der Waals surface area contributed by atoms with Gasteiger partial charge in [-0.1, -0.05) is 6.08 Å². The van der Waals surface area contributed by atoms with Crippen molar-refractivity contribution in [2.24, 2.45) is 0 Å². The number of nitrogens with zero attached hydrogens (tertiary/aromatic N) is 1. The third kappa shape index (κ3) is 4.12. The van der Waals surface area contributed by atoms with Crippen LogP contribution in [0.2, 0.25) is 0 Å². The molecule has 0 saturated carbocycles. The fourth-order valence-corrected chi connectivity index (χ4v) is 3.48. The van der Waals surface area contributed by atoms with Crippen LogP contribution in [0.15, 0.2) is 41.9 Å². The van der Waals surface area contributed by atoms with Gasteiger partial charge in [0.25, 0.3) is 0 Å². The van der Waals surface area contributed by atoms with Crippen molar-refractivity contribution in [1.82, 2.24) is 4.98 Å². The minimum atomic E-state index is -1.32. The predicted octanol–water partition coefficient (Wildman–Crippen LogP) is 5.05. The van der Waals surface area contributed by atoms with E-state index in [1.807, 2.05) is 32.0 Å². The number of aliphatic carboxylic acids is 1. The van der Waals surface area contributed by atoms with Gasteiger partial charge in [0, 0.05) is 5.56 Å². The maximum atomic E-state index is 12.5. The molecule has 0 unspecified atom stereocenters.